The van der Waals surface area contributed by atoms with E-state index in [0.717, 1.165) is 20.3 Å². The van der Waals surface area contributed by atoms with E-state index in [4.69, 9.17) is 4.74 Å². The zero-order valence-electron chi connectivity index (χ0n) is 13.6. The minimum atomic E-state index is 0.0846. The molecule has 124 valence electrons. The molecule has 6 heteroatoms. The largest absolute Gasteiger partial charge is 0.372 e. The zero-order chi connectivity index (χ0) is 16.7. The summed E-state index contributed by atoms with van der Waals surface area (Å²) in [7, 11) is 0. The summed E-state index contributed by atoms with van der Waals surface area (Å²) < 4.78 is 6.88. The van der Waals surface area contributed by atoms with E-state index in [1.54, 1.807) is 11.3 Å². The molecule has 2 aromatic heterocycles. The predicted octanol–water partition coefficient (Wildman–Crippen LogP) is 4.27. The van der Waals surface area contributed by atoms with Crippen LogP contribution in [0.1, 0.15) is 23.5 Å². The number of fused-ring (bicyclic) bond motifs is 1. The molecule has 3 heterocycles. The minimum Gasteiger partial charge on any atom is -0.372 e. The molecule has 2 unspecified atom stereocenters. The van der Waals surface area contributed by atoms with Gasteiger partial charge in [-0.15, -0.1) is 22.7 Å². The second-order valence-corrected chi connectivity index (χ2v) is 8.23. The van der Waals surface area contributed by atoms with Gasteiger partial charge in [-0.05, 0) is 38.1 Å². The maximum Gasteiger partial charge on any atom is 0.264 e. The molecule has 1 aromatic carbocycles. The second-order valence-electron chi connectivity index (χ2n) is 6.12. The number of rotatable bonds is 2. The molecule has 0 aliphatic carbocycles. The highest BCUT2D eigenvalue weighted by molar-refractivity contribution is 7.26. The number of para-hydroxylation sites is 1. The molecule has 0 spiro atoms. The van der Waals surface area contributed by atoms with Crippen LogP contribution in [0.25, 0.3) is 20.1 Å². The maximum absolute atomic E-state index is 12.8. The van der Waals surface area contributed by atoms with Crippen LogP contribution < -0.4 is 0 Å². The van der Waals surface area contributed by atoms with Gasteiger partial charge in [0.1, 0.15) is 5.01 Å². The van der Waals surface area contributed by atoms with Gasteiger partial charge in [0.2, 0.25) is 0 Å². The van der Waals surface area contributed by atoms with Crippen LogP contribution in [0.5, 0.6) is 0 Å². The van der Waals surface area contributed by atoms with Gasteiger partial charge in [-0.2, -0.15) is 0 Å². The number of carbonyl (C=O) groups is 1. The van der Waals surface area contributed by atoms with Crippen molar-refractivity contribution in [3.63, 3.8) is 0 Å². The van der Waals surface area contributed by atoms with Gasteiger partial charge in [-0.3, -0.25) is 4.79 Å². The standard InChI is InChI=1S/C18H18N2O2S2/c1-11-9-20(10-12(2)22-11)18(21)16-8-7-15(23-16)17-19-13-5-3-4-6-14(13)24-17/h3-8,11-12H,9-10H2,1-2H3. The van der Waals surface area contributed by atoms with Crippen molar-refractivity contribution in [1.82, 2.24) is 9.88 Å². The molecule has 3 aromatic rings. The van der Waals surface area contributed by atoms with E-state index in [9.17, 15) is 4.79 Å². The van der Waals surface area contributed by atoms with Gasteiger partial charge in [-0.25, -0.2) is 4.98 Å². The molecular weight excluding hydrogens is 340 g/mol. The third-order valence-electron chi connectivity index (χ3n) is 4.03. The maximum atomic E-state index is 12.8. The van der Waals surface area contributed by atoms with Crippen LogP contribution in [-0.2, 0) is 4.74 Å². The fraction of sp³-hybridized carbons (Fsp3) is 0.333. The predicted molar refractivity (Wildman–Crippen MR) is 98.8 cm³/mol. The highest BCUT2D eigenvalue weighted by Crippen LogP contribution is 2.35. The Balaban J connectivity index is 1.59. The summed E-state index contributed by atoms with van der Waals surface area (Å²) in [5, 5.41) is 0.976. The summed E-state index contributed by atoms with van der Waals surface area (Å²) in [6, 6.07) is 12.0. The van der Waals surface area contributed by atoms with E-state index in [1.807, 2.05) is 49.1 Å². The number of hydrogen-bond acceptors (Lipinski definition) is 5. The average Bonchev–Trinajstić information content (AvgIpc) is 3.19. The first-order valence-corrected chi connectivity index (χ1v) is 9.64. The number of benzene rings is 1. The molecule has 1 aliphatic heterocycles. The normalized spacial score (nSPS) is 21.3. The fourth-order valence-electron chi connectivity index (χ4n) is 3.04. The lowest BCUT2D eigenvalue weighted by Gasteiger charge is -2.35. The van der Waals surface area contributed by atoms with E-state index >= 15 is 0 Å². The Kier molecular flexibility index (Phi) is 4.12. The molecule has 1 aliphatic rings. The van der Waals surface area contributed by atoms with Gasteiger partial charge in [0.25, 0.3) is 5.91 Å². The van der Waals surface area contributed by atoms with Gasteiger partial charge in [0.15, 0.2) is 0 Å². The van der Waals surface area contributed by atoms with Crippen LogP contribution in [0, 0.1) is 0 Å². The number of amides is 1. The van der Waals surface area contributed by atoms with Gasteiger partial charge in [-0.1, -0.05) is 12.1 Å². The first-order chi connectivity index (χ1) is 11.6. The van der Waals surface area contributed by atoms with Crippen LogP contribution in [0.3, 0.4) is 0 Å². The van der Waals surface area contributed by atoms with Gasteiger partial charge >= 0.3 is 0 Å². The van der Waals surface area contributed by atoms with Crippen molar-refractivity contribution in [2.24, 2.45) is 0 Å². The first kappa shape index (κ1) is 15.7. The Hall–Kier alpha value is -1.76. The third kappa shape index (κ3) is 2.97. The lowest BCUT2D eigenvalue weighted by atomic mass is 10.2. The second kappa shape index (κ2) is 6.27. The van der Waals surface area contributed by atoms with Crippen molar-refractivity contribution in [2.45, 2.75) is 26.1 Å². The van der Waals surface area contributed by atoms with Crippen molar-refractivity contribution in [3.05, 3.63) is 41.3 Å². The Morgan fingerprint density at radius 3 is 2.62 bits per heavy atom. The lowest BCUT2D eigenvalue weighted by molar-refractivity contribution is -0.0585. The molecule has 4 rings (SSSR count). The van der Waals surface area contributed by atoms with E-state index in [2.05, 4.69) is 11.1 Å². The summed E-state index contributed by atoms with van der Waals surface area (Å²) in [6.45, 7) is 5.32. The smallest absolute Gasteiger partial charge is 0.264 e. The van der Waals surface area contributed by atoms with Crippen molar-refractivity contribution in [1.29, 1.82) is 0 Å². The SMILES string of the molecule is CC1CN(C(=O)c2ccc(-c3nc4ccccc4s3)s2)CC(C)O1. The number of morpholine rings is 1. The quantitative estimate of drug-likeness (QED) is 0.687. The number of carbonyl (C=O) groups excluding carboxylic acids is 1. The monoisotopic (exact) mass is 358 g/mol. The summed E-state index contributed by atoms with van der Waals surface area (Å²) >= 11 is 3.19. The number of thiazole rings is 1. The number of thiophene rings is 1. The van der Waals surface area contributed by atoms with Gasteiger partial charge in [0, 0.05) is 13.1 Å². The van der Waals surface area contributed by atoms with E-state index in [1.165, 1.54) is 16.0 Å². The molecule has 2 atom stereocenters. The fourth-order valence-corrected chi connectivity index (χ4v) is 5.04. The molecule has 1 amide bonds. The highest BCUT2D eigenvalue weighted by Gasteiger charge is 2.27. The van der Waals surface area contributed by atoms with Crippen molar-refractivity contribution >= 4 is 38.8 Å². The molecule has 1 fully saturated rings. The molecule has 4 nitrogen and oxygen atoms in total. The molecule has 24 heavy (non-hydrogen) atoms. The van der Waals surface area contributed by atoms with Crippen molar-refractivity contribution in [2.75, 3.05) is 13.1 Å². The van der Waals surface area contributed by atoms with Crippen LogP contribution in [0.2, 0.25) is 0 Å². The molecule has 0 radical (unpaired) electrons. The topological polar surface area (TPSA) is 42.4 Å². The van der Waals surface area contributed by atoms with Crippen LogP contribution in [0.4, 0.5) is 0 Å². The van der Waals surface area contributed by atoms with Crippen LogP contribution in [0.15, 0.2) is 36.4 Å². The number of aromatic nitrogens is 1. The van der Waals surface area contributed by atoms with Gasteiger partial charge < -0.3 is 9.64 Å². The summed E-state index contributed by atoms with van der Waals surface area (Å²) in [5.74, 6) is 0.0920. The first-order valence-electron chi connectivity index (χ1n) is 8.00. The summed E-state index contributed by atoms with van der Waals surface area (Å²) in [5.41, 5.74) is 1.01. The summed E-state index contributed by atoms with van der Waals surface area (Å²) in [4.78, 5) is 21.2. The Labute approximate surface area is 148 Å². The molecule has 0 bridgehead atoms. The van der Waals surface area contributed by atoms with Gasteiger partial charge in [0.05, 0.1) is 32.2 Å². The van der Waals surface area contributed by atoms with Crippen LogP contribution >= 0.6 is 22.7 Å². The number of nitrogens with zero attached hydrogens (tertiary/aromatic N) is 2. The Morgan fingerprint density at radius 1 is 1.12 bits per heavy atom. The lowest BCUT2D eigenvalue weighted by Crippen LogP contribution is -2.48. The molecule has 0 saturated carbocycles. The Bertz CT molecular complexity index is 843. The Morgan fingerprint density at radius 2 is 1.88 bits per heavy atom. The summed E-state index contributed by atoms with van der Waals surface area (Å²) in [6.07, 6.45) is 0.169. The molecule has 0 N–H and O–H groups in total. The number of ether oxygens (including phenoxy) is 1. The minimum absolute atomic E-state index is 0.0846. The van der Waals surface area contributed by atoms with Crippen molar-refractivity contribution < 1.29 is 9.53 Å². The van der Waals surface area contributed by atoms with Crippen molar-refractivity contribution in [3.8, 4) is 9.88 Å². The van der Waals surface area contributed by atoms with Crippen LogP contribution in [-0.4, -0.2) is 41.1 Å². The van der Waals surface area contributed by atoms with E-state index in [0.29, 0.717) is 13.1 Å². The van der Waals surface area contributed by atoms with E-state index < -0.39 is 0 Å². The average molecular weight is 358 g/mol. The van der Waals surface area contributed by atoms with E-state index in [-0.39, 0.29) is 18.1 Å². The number of hydrogen-bond donors (Lipinski definition) is 0. The zero-order valence-corrected chi connectivity index (χ0v) is 15.2. The third-order valence-corrected chi connectivity index (χ3v) is 6.31. The molecular formula is C18H18N2O2S2. The highest BCUT2D eigenvalue weighted by atomic mass is 32.1. The molecule has 1 saturated heterocycles.